The standard InChI is InChI=1S/C23H21FN4O2S/c24-18-9-6-17(7-10-18)12-25-22(30)13-28-23(19-14-31-15-20(19)27-28)26-21(29)11-8-16-4-2-1-3-5-16/h1-11H,12-15H2,(H,25,30)(H,26,29). The summed E-state index contributed by atoms with van der Waals surface area (Å²) in [5.74, 6) is 1.21. The SMILES string of the molecule is O=C(C=Cc1ccccc1)Nc1c2c(nn1CC(=O)NCc1ccc(F)cc1)CSC2. The van der Waals surface area contributed by atoms with E-state index in [1.165, 1.54) is 18.2 Å². The van der Waals surface area contributed by atoms with Crippen LogP contribution >= 0.6 is 11.8 Å². The zero-order valence-electron chi connectivity index (χ0n) is 16.7. The Labute approximate surface area is 183 Å². The fraction of sp³-hybridized carbons (Fsp3) is 0.174. The Hall–Kier alpha value is -3.39. The molecule has 1 aliphatic rings. The van der Waals surface area contributed by atoms with Crippen LogP contribution in [0.15, 0.2) is 60.7 Å². The maximum absolute atomic E-state index is 13.0. The van der Waals surface area contributed by atoms with Gasteiger partial charge in [0.15, 0.2) is 0 Å². The molecule has 2 amide bonds. The van der Waals surface area contributed by atoms with Gasteiger partial charge in [-0.2, -0.15) is 16.9 Å². The van der Waals surface area contributed by atoms with Crippen LogP contribution in [0.2, 0.25) is 0 Å². The maximum Gasteiger partial charge on any atom is 0.249 e. The first-order valence-corrected chi connectivity index (χ1v) is 11.0. The highest BCUT2D eigenvalue weighted by atomic mass is 32.2. The minimum Gasteiger partial charge on any atom is -0.350 e. The highest BCUT2D eigenvalue weighted by Crippen LogP contribution is 2.34. The lowest BCUT2D eigenvalue weighted by Gasteiger charge is -2.10. The molecule has 0 spiro atoms. The second-order valence-corrected chi connectivity index (χ2v) is 8.05. The molecular weight excluding hydrogens is 415 g/mol. The highest BCUT2D eigenvalue weighted by molar-refractivity contribution is 7.98. The molecule has 6 nitrogen and oxygen atoms in total. The first-order chi connectivity index (χ1) is 15.1. The molecule has 0 aliphatic carbocycles. The van der Waals surface area contributed by atoms with Gasteiger partial charge in [-0.1, -0.05) is 42.5 Å². The molecule has 0 atom stereocenters. The average molecular weight is 437 g/mol. The van der Waals surface area contributed by atoms with Crippen LogP contribution in [-0.2, 0) is 34.2 Å². The Morgan fingerprint density at radius 1 is 1.10 bits per heavy atom. The van der Waals surface area contributed by atoms with Gasteiger partial charge in [-0.25, -0.2) is 9.07 Å². The Morgan fingerprint density at radius 2 is 1.87 bits per heavy atom. The molecule has 0 saturated heterocycles. The van der Waals surface area contributed by atoms with Crippen molar-refractivity contribution >= 4 is 35.5 Å². The molecule has 31 heavy (non-hydrogen) atoms. The number of nitrogens with one attached hydrogen (secondary N) is 2. The Morgan fingerprint density at radius 3 is 2.65 bits per heavy atom. The number of thioether (sulfide) groups is 1. The summed E-state index contributed by atoms with van der Waals surface area (Å²) in [5, 5.41) is 10.2. The van der Waals surface area contributed by atoms with Crippen molar-refractivity contribution in [3.8, 4) is 0 Å². The first-order valence-electron chi connectivity index (χ1n) is 9.80. The van der Waals surface area contributed by atoms with E-state index in [9.17, 15) is 14.0 Å². The van der Waals surface area contributed by atoms with E-state index in [1.54, 1.807) is 34.7 Å². The first kappa shape index (κ1) is 20.9. The van der Waals surface area contributed by atoms with Gasteiger partial charge in [-0.05, 0) is 29.3 Å². The van der Waals surface area contributed by atoms with Crippen LogP contribution in [0.4, 0.5) is 10.2 Å². The molecule has 0 bridgehead atoms. The van der Waals surface area contributed by atoms with Crippen LogP contribution in [0.3, 0.4) is 0 Å². The van der Waals surface area contributed by atoms with E-state index in [1.807, 2.05) is 30.3 Å². The Kier molecular flexibility index (Phi) is 6.47. The van der Waals surface area contributed by atoms with Crippen molar-refractivity contribution in [3.05, 3.63) is 88.9 Å². The number of fused-ring (bicyclic) bond motifs is 1. The summed E-state index contributed by atoms with van der Waals surface area (Å²) in [6, 6.07) is 15.5. The van der Waals surface area contributed by atoms with Crippen molar-refractivity contribution in [3.63, 3.8) is 0 Å². The number of aromatic nitrogens is 2. The third kappa shape index (κ3) is 5.40. The predicted octanol–water partition coefficient (Wildman–Crippen LogP) is 3.74. The quantitative estimate of drug-likeness (QED) is 0.554. The molecule has 1 aliphatic heterocycles. The molecule has 8 heteroatoms. The predicted molar refractivity (Wildman–Crippen MR) is 120 cm³/mol. The lowest BCUT2D eigenvalue weighted by Crippen LogP contribution is -2.28. The van der Waals surface area contributed by atoms with Crippen LogP contribution in [0.1, 0.15) is 22.4 Å². The summed E-state index contributed by atoms with van der Waals surface area (Å²) in [6.07, 6.45) is 3.20. The summed E-state index contributed by atoms with van der Waals surface area (Å²) in [7, 11) is 0. The molecule has 0 saturated carbocycles. The van der Waals surface area contributed by atoms with Crippen LogP contribution in [0.5, 0.6) is 0 Å². The fourth-order valence-corrected chi connectivity index (χ4v) is 4.24. The largest absolute Gasteiger partial charge is 0.350 e. The number of amides is 2. The van der Waals surface area contributed by atoms with Crippen molar-refractivity contribution in [2.45, 2.75) is 24.6 Å². The van der Waals surface area contributed by atoms with Gasteiger partial charge in [0, 0.05) is 29.7 Å². The molecule has 2 heterocycles. The molecule has 0 fully saturated rings. The van der Waals surface area contributed by atoms with E-state index in [2.05, 4.69) is 15.7 Å². The van der Waals surface area contributed by atoms with Gasteiger partial charge in [0.2, 0.25) is 11.8 Å². The monoisotopic (exact) mass is 436 g/mol. The minimum atomic E-state index is -0.319. The van der Waals surface area contributed by atoms with E-state index in [0.29, 0.717) is 5.82 Å². The molecule has 4 rings (SSSR count). The van der Waals surface area contributed by atoms with Crippen LogP contribution in [0, 0.1) is 5.82 Å². The highest BCUT2D eigenvalue weighted by Gasteiger charge is 2.24. The zero-order valence-corrected chi connectivity index (χ0v) is 17.5. The third-order valence-electron chi connectivity index (χ3n) is 4.78. The number of carbonyl (C=O) groups excluding carboxylic acids is 2. The smallest absolute Gasteiger partial charge is 0.249 e. The number of halogens is 1. The number of rotatable bonds is 7. The molecule has 1 aromatic heterocycles. The Balaban J connectivity index is 1.42. The van der Waals surface area contributed by atoms with E-state index >= 15 is 0 Å². The molecule has 2 aromatic carbocycles. The van der Waals surface area contributed by atoms with Crippen molar-refractivity contribution in [2.24, 2.45) is 0 Å². The molecule has 2 N–H and O–H groups in total. The summed E-state index contributed by atoms with van der Waals surface area (Å²) in [4.78, 5) is 24.9. The average Bonchev–Trinajstić information content (AvgIpc) is 3.35. The number of hydrogen-bond donors (Lipinski definition) is 2. The Bertz CT molecular complexity index is 1110. The minimum absolute atomic E-state index is 0.0170. The molecule has 0 unspecified atom stereocenters. The van der Waals surface area contributed by atoms with Crippen molar-refractivity contribution in [1.29, 1.82) is 0 Å². The number of anilines is 1. The van der Waals surface area contributed by atoms with Crippen LogP contribution < -0.4 is 10.6 Å². The fourth-order valence-electron chi connectivity index (χ4n) is 3.21. The molecule has 0 radical (unpaired) electrons. The number of hydrogen-bond acceptors (Lipinski definition) is 4. The van der Waals surface area contributed by atoms with Gasteiger partial charge < -0.3 is 10.6 Å². The maximum atomic E-state index is 13.0. The van der Waals surface area contributed by atoms with Crippen molar-refractivity contribution in [2.75, 3.05) is 5.32 Å². The number of carbonyl (C=O) groups is 2. The van der Waals surface area contributed by atoms with E-state index in [-0.39, 0.29) is 30.7 Å². The van der Waals surface area contributed by atoms with E-state index in [0.717, 1.165) is 33.9 Å². The number of benzene rings is 2. The third-order valence-corrected chi connectivity index (χ3v) is 5.75. The zero-order chi connectivity index (χ0) is 21.6. The van der Waals surface area contributed by atoms with Gasteiger partial charge in [0.05, 0.1) is 5.69 Å². The van der Waals surface area contributed by atoms with Gasteiger partial charge in [-0.3, -0.25) is 9.59 Å². The second-order valence-electron chi connectivity index (χ2n) is 7.06. The van der Waals surface area contributed by atoms with E-state index < -0.39 is 0 Å². The molecule has 3 aromatic rings. The van der Waals surface area contributed by atoms with E-state index in [4.69, 9.17) is 0 Å². The van der Waals surface area contributed by atoms with Crippen molar-refractivity contribution < 1.29 is 14.0 Å². The van der Waals surface area contributed by atoms with Gasteiger partial charge in [-0.15, -0.1) is 0 Å². The van der Waals surface area contributed by atoms with Gasteiger partial charge in [0.25, 0.3) is 0 Å². The number of nitrogens with zero attached hydrogens (tertiary/aromatic N) is 2. The lowest BCUT2D eigenvalue weighted by molar-refractivity contribution is -0.122. The molecule has 158 valence electrons. The van der Waals surface area contributed by atoms with Crippen LogP contribution in [0.25, 0.3) is 6.08 Å². The summed E-state index contributed by atoms with van der Waals surface area (Å²) >= 11 is 1.72. The molecular formula is C23H21FN4O2S. The van der Waals surface area contributed by atoms with Crippen molar-refractivity contribution in [1.82, 2.24) is 15.1 Å². The van der Waals surface area contributed by atoms with Crippen LogP contribution in [-0.4, -0.2) is 21.6 Å². The normalized spacial score (nSPS) is 12.7. The second kappa shape index (κ2) is 9.61. The van der Waals surface area contributed by atoms with Gasteiger partial charge in [0.1, 0.15) is 18.2 Å². The summed E-state index contributed by atoms with van der Waals surface area (Å²) in [5.41, 5.74) is 3.57. The summed E-state index contributed by atoms with van der Waals surface area (Å²) in [6.45, 7) is 0.272. The lowest BCUT2D eigenvalue weighted by atomic mass is 10.2. The topological polar surface area (TPSA) is 76.0 Å². The van der Waals surface area contributed by atoms with Gasteiger partial charge >= 0.3 is 0 Å². The summed E-state index contributed by atoms with van der Waals surface area (Å²) < 4.78 is 14.6.